The van der Waals surface area contributed by atoms with E-state index in [0.29, 0.717) is 24.9 Å². The summed E-state index contributed by atoms with van der Waals surface area (Å²) in [4.78, 5) is 17.8. The molecular formula is C15H18ClF3N2O2. The molecule has 0 saturated carbocycles. The highest BCUT2D eigenvalue weighted by molar-refractivity contribution is 5.85. The standard InChI is InChI=1S/C15H17F3N2O2.ClH/c16-10-5-9(6-11(17)7-10)14-2-4-22-20(14)15(21)12-1-3-19-8-13(12)18;/h5-7,12-14,19H,1-4,8H2;1H. The van der Waals surface area contributed by atoms with Gasteiger partial charge in [0.05, 0.1) is 18.6 Å². The molecule has 1 N–H and O–H groups in total. The van der Waals surface area contributed by atoms with Gasteiger partial charge in [0.15, 0.2) is 0 Å². The van der Waals surface area contributed by atoms with Crippen LogP contribution < -0.4 is 5.32 Å². The van der Waals surface area contributed by atoms with Crippen LogP contribution in [-0.4, -0.2) is 36.8 Å². The number of alkyl halides is 1. The largest absolute Gasteiger partial charge is 0.314 e. The zero-order chi connectivity index (χ0) is 15.7. The minimum absolute atomic E-state index is 0. The number of hydrogen-bond donors (Lipinski definition) is 1. The molecule has 2 aliphatic rings. The van der Waals surface area contributed by atoms with E-state index in [1.165, 1.54) is 12.1 Å². The van der Waals surface area contributed by atoms with Gasteiger partial charge in [-0.25, -0.2) is 18.2 Å². The van der Waals surface area contributed by atoms with Crippen molar-refractivity contribution < 1.29 is 22.8 Å². The van der Waals surface area contributed by atoms with Crippen molar-refractivity contribution in [2.75, 3.05) is 19.7 Å². The second kappa shape index (κ2) is 7.51. The van der Waals surface area contributed by atoms with Gasteiger partial charge in [-0.1, -0.05) is 0 Å². The van der Waals surface area contributed by atoms with Crippen LogP contribution in [0.1, 0.15) is 24.4 Å². The average molecular weight is 351 g/mol. The lowest BCUT2D eigenvalue weighted by molar-refractivity contribution is -0.184. The van der Waals surface area contributed by atoms with E-state index >= 15 is 0 Å². The first-order valence-electron chi connectivity index (χ1n) is 7.33. The summed E-state index contributed by atoms with van der Waals surface area (Å²) in [6.45, 7) is 0.948. The molecule has 1 aromatic rings. The van der Waals surface area contributed by atoms with Crippen LogP contribution in [0.2, 0.25) is 0 Å². The molecule has 3 atom stereocenters. The minimum Gasteiger partial charge on any atom is -0.314 e. The molecule has 0 aliphatic carbocycles. The van der Waals surface area contributed by atoms with E-state index < -0.39 is 35.7 Å². The van der Waals surface area contributed by atoms with E-state index in [-0.39, 0.29) is 25.6 Å². The van der Waals surface area contributed by atoms with Gasteiger partial charge in [-0.3, -0.25) is 9.63 Å². The average Bonchev–Trinajstić information content (AvgIpc) is 2.95. The number of carbonyl (C=O) groups is 1. The van der Waals surface area contributed by atoms with Crippen molar-refractivity contribution in [1.29, 1.82) is 0 Å². The normalized spacial score (nSPS) is 27.6. The molecule has 4 nitrogen and oxygen atoms in total. The molecule has 0 aromatic heterocycles. The molecule has 128 valence electrons. The lowest BCUT2D eigenvalue weighted by atomic mass is 9.94. The lowest BCUT2D eigenvalue weighted by Gasteiger charge is -2.31. The van der Waals surface area contributed by atoms with Gasteiger partial charge < -0.3 is 5.32 Å². The quantitative estimate of drug-likeness (QED) is 0.891. The summed E-state index contributed by atoms with van der Waals surface area (Å²) in [5.41, 5.74) is 0.327. The molecule has 2 aliphatic heterocycles. The highest BCUT2D eigenvalue weighted by Crippen LogP contribution is 2.34. The topological polar surface area (TPSA) is 41.6 Å². The fourth-order valence-electron chi connectivity index (χ4n) is 3.02. The first kappa shape index (κ1) is 18.0. The molecule has 2 saturated heterocycles. The molecule has 0 spiro atoms. The maximum atomic E-state index is 13.9. The van der Waals surface area contributed by atoms with E-state index in [9.17, 15) is 18.0 Å². The van der Waals surface area contributed by atoms with Crippen LogP contribution in [0.15, 0.2) is 18.2 Å². The highest BCUT2D eigenvalue weighted by atomic mass is 35.5. The van der Waals surface area contributed by atoms with Crippen LogP contribution in [-0.2, 0) is 9.63 Å². The number of halogens is 4. The van der Waals surface area contributed by atoms with Crippen LogP contribution in [0.5, 0.6) is 0 Å². The van der Waals surface area contributed by atoms with Crippen molar-refractivity contribution in [2.24, 2.45) is 5.92 Å². The zero-order valence-electron chi connectivity index (χ0n) is 12.3. The van der Waals surface area contributed by atoms with Crippen molar-refractivity contribution in [1.82, 2.24) is 10.4 Å². The first-order chi connectivity index (χ1) is 10.6. The van der Waals surface area contributed by atoms with Gasteiger partial charge in [0.2, 0.25) is 0 Å². The number of rotatable bonds is 2. The smallest absolute Gasteiger partial charge is 0.252 e. The third-order valence-corrected chi connectivity index (χ3v) is 4.12. The highest BCUT2D eigenvalue weighted by Gasteiger charge is 2.40. The molecule has 2 fully saturated rings. The van der Waals surface area contributed by atoms with Gasteiger partial charge in [0.25, 0.3) is 5.91 Å². The summed E-state index contributed by atoms with van der Waals surface area (Å²) in [5.74, 6) is -2.65. The van der Waals surface area contributed by atoms with E-state index in [2.05, 4.69) is 5.32 Å². The fourth-order valence-corrected chi connectivity index (χ4v) is 3.02. The van der Waals surface area contributed by atoms with Crippen molar-refractivity contribution in [2.45, 2.75) is 25.1 Å². The molecule has 23 heavy (non-hydrogen) atoms. The van der Waals surface area contributed by atoms with Gasteiger partial charge in [-0.05, 0) is 30.7 Å². The summed E-state index contributed by atoms with van der Waals surface area (Å²) in [7, 11) is 0. The Morgan fingerprint density at radius 2 is 1.91 bits per heavy atom. The molecule has 8 heteroatoms. The fraction of sp³-hybridized carbons (Fsp3) is 0.533. The van der Waals surface area contributed by atoms with Crippen LogP contribution in [0.3, 0.4) is 0 Å². The molecular weight excluding hydrogens is 333 g/mol. The Morgan fingerprint density at radius 1 is 1.22 bits per heavy atom. The Balaban J connectivity index is 0.00000192. The summed E-state index contributed by atoms with van der Waals surface area (Å²) < 4.78 is 40.7. The number of hydrogen-bond acceptors (Lipinski definition) is 3. The van der Waals surface area contributed by atoms with Crippen molar-refractivity contribution in [3.63, 3.8) is 0 Å². The molecule has 0 radical (unpaired) electrons. The lowest BCUT2D eigenvalue weighted by Crippen LogP contribution is -2.46. The van der Waals surface area contributed by atoms with E-state index in [1.54, 1.807) is 0 Å². The Kier molecular flexibility index (Phi) is 5.89. The second-order valence-electron chi connectivity index (χ2n) is 5.62. The zero-order valence-corrected chi connectivity index (χ0v) is 13.1. The predicted octanol–water partition coefficient (Wildman–Crippen LogP) is 2.54. The van der Waals surface area contributed by atoms with Crippen molar-refractivity contribution in [3.05, 3.63) is 35.4 Å². The van der Waals surface area contributed by atoms with Gasteiger partial charge >= 0.3 is 0 Å². The number of hydroxylamine groups is 2. The number of benzene rings is 1. The molecule has 1 amide bonds. The third-order valence-electron chi connectivity index (χ3n) is 4.12. The van der Waals surface area contributed by atoms with E-state index in [1.807, 2.05) is 0 Å². The number of piperidine rings is 1. The van der Waals surface area contributed by atoms with Gasteiger partial charge in [-0.15, -0.1) is 12.4 Å². The molecule has 2 heterocycles. The van der Waals surface area contributed by atoms with E-state index in [0.717, 1.165) is 11.1 Å². The first-order valence-corrected chi connectivity index (χ1v) is 7.33. The third kappa shape index (κ3) is 3.79. The van der Waals surface area contributed by atoms with Gasteiger partial charge in [0.1, 0.15) is 17.8 Å². The number of nitrogens with zero attached hydrogens (tertiary/aromatic N) is 1. The number of amides is 1. The van der Waals surface area contributed by atoms with E-state index in [4.69, 9.17) is 4.84 Å². The summed E-state index contributed by atoms with van der Waals surface area (Å²) in [6.07, 6.45) is -0.476. The predicted molar refractivity (Wildman–Crippen MR) is 79.6 cm³/mol. The molecule has 1 aromatic carbocycles. The van der Waals surface area contributed by atoms with Crippen LogP contribution >= 0.6 is 12.4 Å². The SMILES string of the molecule is Cl.O=C(C1CCNCC1F)N1OCCC1c1cc(F)cc(F)c1. The van der Waals surface area contributed by atoms with Crippen molar-refractivity contribution >= 4 is 18.3 Å². The van der Waals surface area contributed by atoms with Crippen LogP contribution in [0.4, 0.5) is 13.2 Å². The second-order valence-corrected chi connectivity index (χ2v) is 5.62. The van der Waals surface area contributed by atoms with Gasteiger partial charge in [-0.2, -0.15) is 0 Å². The number of carbonyl (C=O) groups excluding carboxylic acids is 1. The summed E-state index contributed by atoms with van der Waals surface area (Å²) >= 11 is 0. The van der Waals surface area contributed by atoms with Crippen LogP contribution in [0, 0.1) is 17.6 Å². The Labute approximate surface area is 138 Å². The summed E-state index contributed by atoms with van der Waals surface area (Å²) in [6, 6.07) is 2.55. The maximum absolute atomic E-state index is 13.9. The Hall–Kier alpha value is -1.31. The number of nitrogens with one attached hydrogen (secondary N) is 1. The monoisotopic (exact) mass is 350 g/mol. The van der Waals surface area contributed by atoms with Crippen molar-refractivity contribution in [3.8, 4) is 0 Å². The van der Waals surface area contributed by atoms with Crippen LogP contribution in [0.25, 0.3) is 0 Å². The Morgan fingerprint density at radius 3 is 2.57 bits per heavy atom. The summed E-state index contributed by atoms with van der Waals surface area (Å²) in [5, 5.41) is 3.98. The minimum atomic E-state index is -1.28. The van der Waals surface area contributed by atoms with Gasteiger partial charge in [0, 0.05) is 19.0 Å². The molecule has 0 bridgehead atoms. The molecule has 3 rings (SSSR count). The Bertz CT molecular complexity index is 555. The maximum Gasteiger partial charge on any atom is 0.252 e. The molecule has 3 unspecified atom stereocenters.